The molecule has 1 unspecified atom stereocenters. The van der Waals surface area contributed by atoms with E-state index in [9.17, 15) is 9.90 Å². The zero-order valence-electron chi connectivity index (χ0n) is 14.7. The van der Waals surface area contributed by atoms with Gasteiger partial charge in [0.25, 0.3) is 0 Å². The number of hydrogen-bond donors (Lipinski definition) is 1. The maximum Gasteiger partial charge on any atom is 0.224 e. The first kappa shape index (κ1) is 18.3. The summed E-state index contributed by atoms with van der Waals surface area (Å²) in [6.07, 6.45) is 2.24. The number of para-hydroxylation sites is 1. The molecule has 1 fully saturated rings. The largest absolute Gasteiger partial charge is 0.506 e. The molecule has 0 bridgehead atoms. The summed E-state index contributed by atoms with van der Waals surface area (Å²) in [7, 11) is 0. The number of aromatic hydroxyl groups is 1. The number of carbonyl (C=O) groups is 1. The molecule has 1 aliphatic heterocycles. The highest BCUT2D eigenvalue weighted by Gasteiger charge is 2.30. The van der Waals surface area contributed by atoms with Crippen LogP contribution >= 0.6 is 23.5 Å². The molecule has 0 spiro atoms. The van der Waals surface area contributed by atoms with Crippen molar-refractivity contribution in [1.29, 1.82) is 0 Å². The van der Waals surface area contributed by atoms with Gasteiger partial charge in [0, 0.05) is 29.9 Å². The highest BCUT2D eigenvalue weighted by molar-refractivity contribution is 7.99. The number of aromatic nitrogens is 1. The van der Waals surface area contributed by atoms with Crippen molar-refractivity contribution < 1.29 is 14.3 Å². The third-order valence-electron chi connectivity index (χ3n) is 4.47. The minimum Gasteiger partial charge on any atom is -0.506 e. The SMILES string of the molecule is O=C1CCSC(c2ccc3cccc(O)c3n2)N1CCSCc1ccco1. The fourth-order valence-electron chi connectivity index (χ4n) is 3.12. The molecule has 3 aromatic rings. The second-order valence-corrected chi connectivity index (χ2v) is 8.57. The predicted octanol–water partition coefficient (Wildman–Crippen LogP) is 4.43. The topological polar surface area (TPSA) is 66.6 Å². The lowest BCUT2D eigenvalue weighted by atomic mass is 10.2. The summed E-state index contributed by atoms with van der Waals surface area (Å²) in [5, 5.41) is 10.9. The molecule has 1 saturated heterocycles. The van der Waals surface area contributed by atoms with Gasteiger partial charge in [0.05, 0.1) is 17.7 Å². The Morgan fingerprint density at radius 2 is 2.19 bits per heavy atom. The summed E-state index contributed by atoms with van der Waals surface area (Å²) >= 11 is 3.48. The fraction of sp³-hybridized carbons (Fsp3) is 0.300. The molecule has 140 valence electrons. The summed E-state index contributed by atoms with van der Waals surface area (Å²) in [6.45, 7) is 0.669. The number of phenols is 1. The summed E-state index contributed by atoms with van der Waals surface area (Å²) in [5.41, 5.74) is 1.40. The number of pyridine rings is 1. The molecule has 1 aromatic carbocycles. The van der Waals surface area contributed by atoms with Gasteiger partial charge in [0.1, 0.15) is 22.4 Å². The zero-order chi connectivity index (χ0) is 18.6. The van der Waals surface area contributed by atoms with Crippen molar-refractivity contribution >= 4 is 40.3 Å². The van der Waals surface area contributed by atoms with Crippen LogP contribution in [0.1, 0.15) is 23.2 Å². The number of hydrogen-bond acceptors (Lipinski definition) is 6. The maximum absolute atomic E-state index is 12.5. The highest BCUT2D eigenvalue weighted by atomic mass is 32.2. The average molecular weight is 401 g/mol. The van der Waals surface area contributed by atoms with Crippen molar-refractivity contribution in [3.8, 4) is 5.75 Å². The van der Waals surface area contributed by atoms with Crippen LogP contribution in [0.15, 0.2) is 53.1 Å². The van der Waals surface area contributed by atoms with Crippen LogP contribution in [-0.4, -0.2) is 38.9 Å². The molecular weight excluding hydrogens is 380 g/mol. The summed E-state index contributed by atoms with van der Waals surface area (Å²) in [5.74, 6) is 3.71. The van der Waals surface area contributed by atoms with Gasteiger partial charge in [-0.3, -0.25) is 4.79 Å². The molecule has 0 aliphatic carbocycles. The average Bonchev–Trinajstić information content (AvgIpc) is 3.20. The fourth-order valence-corrected chi connectivity index (χ4v) is 5.18. The molecule has 0 radical (unpaired) electrons. The van der Waals surface area contributed by atoms with E-state index in [0.717, 1.165) is 34.1 Å². The molecule has 7 heteroatoms. The van der Waals surface area contributed by atoms with Crippen molar-refractivity contribution in [2.24, 2.45) is 0 Å². The van der Waals surface area contributed by atoms with Crippen LogP contribution in [-0.2, 0) is 10.5 Å². The molecule has 27 heavy (non-hydrogen) atoms. The molecule has 4 rings (SSSR count). The lowest BCUT2D eigenvalue weighted by Gasteiger charge is -2.34. The van der Waals surface area contributed by atoms with Gasteiger partial charge in [-0.15, -0.1) is 11.8 Å². The Bertz CT molecular complexity index is 930. The minimum absolute atomic E-state index is 0.112. The van der Waals surface area contributed by atoms with Crippen molar-refractivity contribution in [3.05, 3.63) is 60.2 Å². The first-order valence-electron chi connectivity index (χ1n) is 8.82. The number of nitrogens with zero attached hydrogens (tertiary/aromatic N) is 2. The Morgan fingerprint density at radius 3 is 3.04 bits per heavy atom. The first-order chi connectivity index (χ1) is 13.2. The van der Waals surface area contributed by atoms with Gasteiger partial charge in [-0.25, -0.2) is 4.98 Å². The van der Waals surface area contributed by atoms with Gasteiger partial charge < -0.3 is 14.4 Å². The molecule has 1 atom stereocenters. The number of thioether (sulfide) groups is 2. The first-order valence-corrected chi connectivity index (χ1v) is 11.0. The molecule has 2 aromatic heterocycles. The summed E-state index contributed by atoms with van der Waals surface area (Å²) in [6, 6.07) is 13.1. The minimum atomic E-state index is -0.112. The highest BCUT2D eigenvalue weighted by Crippen LogP contribution is 2.37. The number of fused-ring (bicyclic) bond motifs is 1. The number of rotatable bonds is 6. The van der Waals surface area contributed by atoms with E-state index in [0.29, 0.717) is 18.5 Å². The van der Waals surface area contributed by atoms with Crippen molar-refractivity contribution in [3.63, 3.8) is 0 Å². The Morgan fingerprint density at radius 1 is 1.26 bits per heavy atom. The van der Waals surface area contributed by atoms with Crippen LogP contribution in [0.3, 0.4) is 0 Å². The van der Waals surface area contributed by atoms with Crippen LogP contribution < -0.4 is 0 Å². The van der Waals surface area contributed by atoms with Crippen LogP contribution in [0.2, 0.25) is 0 Å². The lowest BCUT2D eigenvalue weighted by Crippen LogP contribution is -2.39. The molecule has 1 aliphatic rings. The number of benzene rings is 1. The summed E-state index contributed by atoms with van der Waals surface area (Å²) in [4.78, 5) is 19.1. The van der Waals surface area contributed by atoms with Gasteiger partial charge >= 0.3 is 0 Å². The van der Waals surface area contributed by atoms with Gasteiger partial charge in [-0.2, -0.15) is 11.8 Å². The zero-order valence-corrected chi connectivity index (χ0v) is 16.3. The van der Waals surface area contributed by atoms with E-state index < -0.39 is 0 Å². The predicted molar refractivity (Wildman–Crippen MR) is 110 cm³/mol. The number of phenolic OH excluding ortho intramolecular Hbond substituents is 1. The Balaban J connectivity index is 1.49. The smallest absolute Gasteiger partial charge is 0.224 e. The Labute approximate surface area is 166 Å². The Kier molecular flexibility index (Phi) is 5.59. The van der Waals surface area contributed by atoms with Crippen LogP contribution in [0.25, 0.3) is 10.9 Å². The van der Waals surface area contributed by atoms with Gasteiger partial charge in [-0.05, 0) is 24.3 Å². The van der Waals surface area contributed by atoms with Gasteiger partial charge in [-0.1, -0.05) is 18.2 Å². The molecule has 3 heterocycles. The quantitative estimate of drug-likeness (QED) is 0.618. The van der Waals surface area contributed by atoms with Crippen molar-refractivity contribution in [1.82, 2.24) is 9.88 Å². The van der Waals surface area contributed by atoms with E-state index in [2.05, 4.69) is 4.98 Å². The molecule has 0 saturated carbocycles. The number of carbonyl (C=O) groups excluding carboxylic acids is 1. The van der Waals surface area contributed by atoms with Crippen molar-refractivity contribution in [2.45, 2.75) is 17.5 Å². The molecule has 1 amide bonds. The number of amides is 1. The van der Waals surface area contributed by atoms with E-state index >= 15 is 0 Å². The number of furan rings is 1. The van der Waals surface area contributed by atoms with E-state index in [1.165, 1.54) is 0 Å². The normalized spacial score (nSPS) is 17.6. The third-order valence-corrected chi connectivity index (χ3v) is 6.68. The third kappa shape index (κ3) is 4.09. The molecule has 1 N–H and O–H groups in total. The second-order valence-electron chi connectivity index (χ2n) is 6.28. The second kappa shape index (κ2) is 8.27. The van der Waals surface area contributed by atoms with E-state index in [1.54, 1.807) is 41.9 Å². The van der Waals surface area contributed by atoms with E-state index in [1.807, 2.05) is 35.2 Å². The summed E-state index contributed by atoms with van der Waals surface area (Å²) < 4.78 is 5.35. The van der Waals surface area contributed by atoms with Crippen molar-refractivity contribution in [2.75, 3.05) is 18.1 Å². The van der Waals surface area contributed by atoms with E-state index in [4.69, 9.17) is 4.42 Å². The van der Waals surface area contributed by atoms with Crippen LogP contribution in [0.4, 0.5) is 0 Å². The van der Waals surface area contributed by atoms with Gasteiger partial charge in [0.2, 0.25) is 5.91 Å². The standard InChI is InChI=1S/C20H20N2O3S2/c23-17-5-1-3-14-6-7-16(21-19(14)17)20-22(18(24)8-11-27-20)9-12-26-13-15-4-2-10-25-15/h1-7,10,20,23H,8-9,11-13H2. The monoisotopic (exact) mass is 400 g/mol. The lowest BCUT2D eigenvalue weighted by molar-refractivity contribution is -0.131. The van der Waals surface area contributed by atoms with Crippen LogP contribution in [0, 0.1) is 0 Å². The maximum atomic E-state index is 12.5. The van der Waals surface area contributed by atoms with Crippen LogP contribution in [0.5, 0.6) is 5.75 Å². The molecular formula is C20H20N2O3S2. The molecule has 5 nitrogen and oxygen atoms in total. The van der Waals surface area contributed by atoms with E-state index in [-0.39, 0.29) is 17.0 Å². The van der Waals surface area contributed by atoms with Gasteiger partial charge in [0.15, 0.2) is 0 Å². The Hall–Kier alpha value is -2.12.